The maximum atomic E-state index is 12.7. The molecule has 1 aliphatic carbocycles. The SMILES string of the molecule is CCN(C1CC1)S(=O)(=O)c1cc([N+](=O)[O-])c(NN)cc1C. The average Bonchev–Trinajstić information content (AvgIpc) is 3.22. The molecule has 0 radical (unpaired) electrons. The molecule has 2 rings (SSSR count). The minimum Gasteiger partial charge on any atom is -0.318 e. The molecule has 0 heterocycles. The van der Waals surface area contributed by atoms with Crippen LogP contribution in [0.25, 0.3) is 0 Å². The van der Waals surface area contributed by atoms with Crippen molar-refractivity contribution in [3.05, 3.63) is 27.8 Å². The summed E-state index contributed by atoms with van der Waals surface area (Å²) in [7, 11) is -3.74. The number of nitrogen functional groups attached to an aromatic ring is 1. The summed E-state index contributed by atoms with van der Waals surface area (Å²) in [5.74, 6) is 5.25. The zero-order valence-corrected chi connectivity index (χ0v) is 12.7. The number of hydrazine groups is 1. The van der Waals surface area contributed by atoms with Gasteiger partial charge in [0.05, 0.1) is 9.82 Å². The fraction of sp³-hybridized carbons (Fsp3) is 0.500. The highest BCUT2D eigenvalue weighted by atomic mass is 32.2. The largest absolute Gasteiger partial charge is 0.318 e. The Morgan fingerprint density at radius 3 is 2.52 bits per heavy atom. The molecule has 0 atom stereocenters. The molecule has 0 saturated heterocycles. The number of rotatable bonds is 6. The Morgan fingerprint density at radius 1 is 1.48 bits per heavy atom. The van der Waals surface area contributed by atoms with Crippen LogP contribution in [0, 0.1) is 17.0 Å². The van der Waals surface area contributed by atoms with Gasteiger partial charge in [0.25, 0.3) is 5.69 Å². The number of nitro groups is 1. The summed E-state index contributed by atoms with van der Waals surface area (Å²) in [6, 6.07) is 2.46. The van der Waals surface area contributed by atoms with Gasteiger partial charge in [0.15, 0.2) is 0 Å². The molecule has 0 bridgehead atoms. The van der Waals surface area contributed by atoms with E-state index in [1.54, 1.807) is 13.8 Å². The van der Waals surface area contributed by atoms with E-state index in [4.69, 9.17) is 5.84 Å². The topological polar surface area (TPSA) is 119 Å². The average molecular weight is 314 g/mol. The number of nitrogens with two attached hydrogens (primary N) is 1. The zero-order chi connectivity index (χ0) is 15.8. The van der Waals surface area contributed by atoms with Crippen LogP contribution < -0.4 is 11.3 Å². The molecule has 8 nitrogen and oxygen atoms in total. The van der Waals surface area contributed by atoms with E-state index in [0.717, 1.165) is 18.9 Å². The Hall–Kier alpha value is -1.71. The monoisotopic (exact) mass is 314 g/mol. The number of anilines is 1. The molecule has 0 unspecified atom stereocenters. The highest BCUT2D eigenvalue weighted by molar-refractivity contribution is 7.89. The van der Waals surface area contributed by atoms with Crippen LogP contribution in [0.5, 0.6) is 0 Å². The number of aryl methyl sites for hydroxylation is 1. The van der Waals surface area contributed by atoms with Crippen LogP contribution in [-0.2, 0) is 10.0 Å². The smallest absolute Gasteiger partial charge is 0.295 e. The Kier molecular flexibility index (Phi) is 4.17. The van der Waals surface area contributed by atoms with Crippen LogP contribution in [0.15, 0.2) is 17.0 Å². The Labute approximate surface area is 123 Å². The van der Waals surface area contributed by atoms with Gasteiger partial charge in [0, 0.05) is 18.7 Å². The van der Waals surface area contributed by atoms with Crippen LogP contribution in [-0.4, -0.2) is 30.2 Å². The first-order chi connectivity index (χ1) is 9.82. The second-order valence-corrected chi connectivity index (χ2v) is 6.83. The molecule has 1 saturated carbocycles. The molecule has 1 aromatic rings. The van der Waals surface area contributed by atoms with Crippen LogP contribution in [0.4, 0.5) is 11.4 Å². The lowest BCUT2D eigenvalue weighted by Crippen LogP contribution is -2.33. The molecule has 116 valence electrons. The number of nitro benzene ring substituents is 1. The number of benzene rings is 1. The quantitative estimate of drug-likeness (QED) is 0.465. The van der Waals surface area contributed by atoms with Gasteiger partial charge in [-0.05, 0) is 31.4 Å². The second kappa shape index (κ2) is 5.58. The van der Waals surface area contributed by atoms with E-state index in [1.165, 1.54) is 10.4 Å². The molecule has 0 spiro atoms. The van der Waals surface area contributed by atoms with Crippen LogP contribution in [0.2, 0.25) is 0 Å². The molecule has 1 aliphatic rings. The van der Waals surface area contributed by atoms with Crippen LogP contribution in [0.3, 0.4) is 0 Å². The number of nitrogens with one attached hydrogen (secondary N) is 1. The maximum Gasteiger partial charge on any atom is 0.295 e. The number of hydrogen-bond acceptors (Lipinski definition) is 6. The normalized spacial score (nSPS) is 15.2. The van der Waals surface area contributed by atoms with Gasteiger partial charge in [-0.15, -0.1) is 0 Å². The molecule has 1 aromatic carbocycles. The van der Waals surface area contributed by atoms with Gasteiger partial charge in [-0.25, -0.2) is 8.42 Å². The van der Waals surface area contributed by atoms with Crippen molar-refractivity contribution in [2.75, 3.05) is 12.0 Å². The minimum absolute atomic E-state index is 0.00534. The van der Waals surface area contributed by atoms with Gasteiger partial charge >= 0.3 is 0 Å². The third-order valence-electron chi connectivity index (χ3n) is 3.50. The summed E-state index contributed by atoms with van der Waals surface area (Å²) in [6.45, 7) is 3.70. The molecule has 3 N–H and O–H groups in total. The van der Waals surface area contributed by atoms with E-state index in [1.807, 2.05) is 0 Å². The summed E-state index contributed by atoms with van der Waals surface area (Å²) in [6.07, 6.45) is 1.66. The second-order valence-electron chi connectivity index (χ2n) is 4.98. The third-order valence-corrected chi connectivity index (χ3v) is 5.67. The highest BCUT2D eigenvalue weighted by Crippen LogP contribution is 2.35. The van der Waals surface area contributed by atoms with E-state index in [2.05, 4.69) is 5.43 Å². The van der Waals surface area contributed by atoms with Gasteiger partial charge in [0.1, 0.15) is 5.69 Å². The van der Waals surface area contributed by atoms with Gasteiger partial charge in [-0.1, -0.05) is 6.92 Å². The van der Waals surface area contributed by atoms with E-state index in [0.29, 0.717) is 12.1 Å². The van der Waals surface area contributed by atoms with Crippen molar-refractivity contribution >= 4 is 21.4 Å². The maximum absolute atomic E-state index is 12.7. The van der Waals surface area contributed by atoms with Crippen molar-refractivity contribution in [1.29, 1.82) is 0 Å². The van der Waals surface area contributed by atoms with Gasteiger partial charge in [0.2, 0.25) is 10.0 Å². The molecule has 21 heavy (non-hydrogen) atoms. The first kappa shape index (κ1) is 15.7. The fourth-order valence-corrected chi connectivity index (χ4v) is 4.26. The highest BCUT2D eigenvalue weighted by Gasteiger charge is 2.38. The van der Waals surface area contributed by atoms with Crippen LogP contribution >= 0.6 is 0 Å². The molecule has 9 heteroatoms. The predicted octanol–water partition coefficient (Wildman–Crippen LogP) is 1.36. The Balaban J connectivity index is 2.57. The molecule has 0 aromatic heterocycles. The summed E-state index contributed by atoms with van der Waals surface area (Å²) in [5, 5.41) is 11.1. The predicted molar refractivity (Wildman–Crippen MR) is 78.2 cm³/mol. The molecule has 0 amide bonds. The summed E-state index contributed by atoms with van der Waals surface area (Å²) < 4.78 is 26.8. The van der Waals surface area contributed by atoms with E-state index in [-0.39, 0.29) is 22.3 Å². The van der Waals surface area contributed by atoms with Gasteiger partial charge < -0.3 is 5.43 Å². The van der Waals surface area contributed by atoms with Gasteiger partial charge in [-0.2, -0.15) is 4.31 Å². The summed E-state index contributed by atoms with van der Waals surface area (Å²) in [4.78, 5) is 10.4. The lowest BCUT2D eigenvalue weighted by atomic mass is 10.2. The van der Waals surface area contributed by atoms with Crippen molar-refractivity contribution in [3.63, 3.8) is 0 Å². The fourth-order valence-electron chi connectivity index (χ4n) is 2.34. The Bertz CT molecular complexity index is 670. The minimum atomic E-state index is -3.74. The molecule has 0 aliphatic heterocycles. The van der Waals surface area contributed by atoms with Crippen molar-refractivity contribution in [2.24, 2.45) is 5.84 Å². The number of sulfonamides is 1. The first-order valence-corrected chi connectivity index (χ1v) is 8.04. The zero-order valence-electron chi connectivity index (χ0n) is 11.9. The van der Waals surface area contributed by atoms with Crippen molar-refractivity contribution < 1.29 is 13.3 Å². The Morgan fingerprint density at radius 2 is 2.10 bits per heavy atom. The van der Waals surface area contributed by atoms with Gasteiger partial charge in [-0.3, -0.25) is 16.0 Å². The van der Waals surface area contributed by atoms with Crippen LogP contribution in [0.1, 0.15) is 25.3 Å². The lowest BCUT2D eigenvalue weighted by Gasteiger charge is -2.21. The first-order valence-electron chi connectivity index (χ1n) is 6.60. The number of nitrogens with zero attached hydrogens (tertiary/aromatic N) is 2. The van der Waals surface area contributed by atoms with Crippen molar-refractivity contribution in [1.82, 2.24) is 4.31 Å². The standard InChI is InChI=1S/C12H18N4O4S/c1-3-15(9-4-5-9)21(19,20)12-7-11(16(17)18)10(14-13)6-8(12)2/h6-7,9,14H,3-5,13H2,1-2H3. The summed E-state index contributed by atoms with van der Waals surface area (Å²) >= 11 is 0. The van der Waals surface area contributed by atoms with E-state index < -0.39 is 14.9 Å². The summed E-state index contributed by atoms with van der Waals surface area (Å²) in [5.41, 5.74) is 2.38. The number of hydrogen-bond donors (Lipinski definition) is 2. The van der Waals surface area contributed by atoms with E-state index >= 15 is 0 Å². The van der Waals surface area contributed by atoms with E-state index in [9.17, 15) is 18.5 Å². The third kappa shape index (κ3) is 2.85. The van der Waals surface area contributed by atoms with Crippen molar-refractivity contribution in [2.45, 2.75) is 37.6 Å². The van der Waals surface area contributed by atoms with Crippen molar-refractivity contribution in [3.8, 4) is 0 Å². The molecular formula is C12H18N4O4S. The lowest BCUT2D eigenvalue weighted by molar-refractivity contribution is -0.384. The molecule has 1 fully saturated rings. The molecular weight excluding hydrogens is 296 g/mol.